The third-order valence-electron chi connectivity index (χ3n) is 3.16. The summed E-state index contributed by atoms with van der Waals surface area (Å²) in [4.78, 5) is 5.37. The minimum absolute atomic E-state index is 0.154. The van der Waals surface area contributed by atoms with Crippen LogP contribution < -0.4 is 5.48 Å². The molecular weight excluding hydrogens is 240 g/mol. The number of hydrogen-bond donors (Lipinski definition) is 2. The van der Waals surface area contributed by atoms with Crippen molar-refractivity contribution in [3.8, 4) is 0 Å². The zero-order valence-corrected chi connectivity index (χ0v) is 10.0. The summed E-state index contributed by atoms with van der Waals surface area (Å²) in [7, 11) is 0. The molecule has 5 heteroatoms. The Hall–Kier alpha value is -1.04. The van der Waals surface area contributed by atoms with Crippen LogP contribution in [-0.2, 0) is 4.84 Å². The van der Waals surface area contributed by atoms with E-state index in [1.165, 1.54) is 6.07 Å². The Bertz CT molecular complexity index is 395. The summed E-state index contributed by atoms with van der Waals surface area (Å²) < 4.78 is 25.7. The zero-order valence-electron chi connectivity index (χ0n) is 10.0. The predicted octanol–water partition coefficient (Wildman–Crippen LogP) is 2.46. The molecule has 1 aromatic carbocycles. The lowest BCUT2D eigenvalue weighted by atomic mass is 10.1. The molecule has 0 bridgehead atoms. The van der Waals surface area contributed by atoms with Crippen molar-refractivity contribution >= 4 is 0 Å². The van der Waals surface area contributed by atoms with Gasteiger partial charge in [-0.05, 0) is 30.5 Å². The molecule has 2 rings (SSSR count). The third-order valence-corrected chi connectivity index (χ3v) is 3.16. The molecule has 0 aliphatic heterocycles. The van der Waals surface area contributed by atoms with Crippen molar-refractivity contribution in [2.45, 2.75) is 37.9 Å². The maximum atomic E-state index is 13.0. The Balaban J connectivity index is 1.79. The fourth-order valence-corrected chi connectivity index (χ4v) is 2.09. The molecule has 18 heavy (non-hydrogen) atoms. The van der Waals surface area contributed by atoms with Crippen LogP contribution >= 0.6 is 0 Å². The molecule has 0 spiro atoms. The van der Waals surface area contributed by atoms with E-state index in [1.54, 1.807) is 0 Å². The molecule has 0 saturated heterocycles. The van der Waals surface area contributed by atoms with Crippen molar-refractivity contribution in [3.05, 3.63) is 35.4 Å². The highest BCUT2D eigenvalue weighted by Gasteiger charge is 2.16. The second-order valence-corrected chi connectivity index (χ2v) is 4.56. The molecule has 1 aliphatic rings. The Labute approximate surface area is 105 Å². The van der Waals surface area contributed by atoms with E-state index in [2.05, 4.69) is 5.48 Å². The molecule has 1 saturated carbocycles. The van der Waals surface area contributed by atoms with Gasteiger partial charge in [0, 0.05) is 0 Å². The maximum absolute atomic E-state index is 13.0. The molecule has 1 aromatic rings. The topological polar surface area (TPSA) is 41.5 Å². The maximum Gasteiger partial charge on any atom is 0.159 e. The van der Waals surface area contributed by atoms with Gasteiger partial charge in [0.25, 0.3) is 0 Å². The van der Waals surface area contributed by atoms with Crippen LogP contribution in [0.1, 0.15) is 37.4 Å². The number of aliphatic hydroxyl groups is 1. The highest BCUT2D eigenvalue weighted by Crippen LogP contribution is 2.20. The largest absolute Gasteiger partial charge is 0.387 e. The van der Waals surface area contributed by atoms with Gasteiger partial charge in [0.05, 0.1) is 18.8 Å². The second-order valence-electron chi connectivity index (χ2n) is 4.56. The molecule has 1 atom stereocenters. The lowest BCUT2D eigenvalue weighted by Gasteiger charge is -2.15. The smallest absolute Gasteiger partial charge is 0.159 e. The first kappa shape index (κ1) is 13.4. The van der Waals surface area contributed by atoms with Gasteiger partial charge in [0.15, 0.2) is 11.6 Å². The fraction of sp³-hybridized carbons (Fsp3) is 0.538. The van der Waals surface area contributed by atoms with Gasteiger partial charge in [-0.1, -0.05) is 18.9 Å². The SMILES string of the molecule is OC(CNOC1CCCC1)c1ccc(F)c(F)c1. The molecule has 1 unspecified atom stereocenters. The second kappa shape index (κ2) is 6.22. The van der Waals surface area contributed by atoms with Gasteiger partial charge in [0.2, 0.25) is 0 Å². The Morgan fingerprint density at radius 1 is 1.28 bits per heavy atom. The van der Waals surface area contributed by atoms with Crippen molar-refractivity contribution < 1.29 is 18.7 Å². The molecule has 3 nitrogen and oxygen atoms in total. The van der Waals surface area contributed by atoms with Crippen molar-refractivity contribution in [3.63, 3.8) is 0 Å². The molecule has 0 aromatic heterocycles. The first-order valence-electron chi connectivity index (χ1n) is 6.18. The number of benzene rings is 1. The number of rotatable bonds is 5. The van der Waals surface area contributed by atoms with Gasteiger partial charge < -0.3 is 5.11 Å². The summed E-state index contributed by atoms with van der Waals surface area (Å²) >= 11 is 0. The van der Waals surface area contributed by atoms with Gasteiger partial charge in [-0.3, -0.25) is 4.84 Å². The summed E-state index contributed by atoms with van der Waals surface area (Å²) in [6.07, 6.45) is 3.65. The van der Waals surface area contributed by atoms with E-state index >= 15 is 0 Å². The lowest BCUT2D eigenvalue weighted by molar-refractivity contribution is -0.0372. The van der Waals surface area contributed by atoms with Crippen LogP contribution in [0.2, 0.25) is 0 Å². The Morgan fingerprint density at radius 2 is 2.00 bits per heavy atom. The number of nitrogens with one attached hydrogen (secondary N) is 1. The van der Waals surface area contributed by atoms with Crippen molar-refractivity contribution in [1.82, 2.24) is 5.48 Å². The fourth-order valence-electron chi connectivity index (χ4n) is 2.09. The van der Waals surface area contributed by atoms with Crippen LogP contribution in [-0.4, -0.2) is 17.8 Å². The van der Waals surface area contributed by atoms with E-state index < -0.39 is 17.7 Å². The molecule has 2 N–H and O–H groups in total. The molecule has 1 fully saturated rings. The predicted molar refractivity (Wildman–Crippen MR) is 62.7 cm³/mol. The minimum Gasteiger partial charge on any atom is -0.387 e. The summed E-state index contributed by atoms with van der Waals surface area (Å²) in [6.45, 7) is 0.154. The molecule has 0 amide bonds. The molecule has 0 radical (unpaired) electrons. The Kier molecular flexibility index (Phi) is 4.63. The summed E-state index contributed by atoms with van der Waals surface area (Å²) in [6, 6.07) is 3.36. The normalized spacial score (nSPS) is 18.2. The van der Waals surface area contributed by atoms with E-state index in [9.17, 15) is 13.9 Å². The van der Waals surface area contributed by atoms with Gasteiger partial charge in [-0.2, -0.15) is 5.48 Å². The van der Waals surface area contributed by atoms with Crippen LogP contribution in [0.15, 0.2) is 18.2 Å². The highest BCUT2D eigenvalue weighted by molar-refractivity contribution is 5.20. The summed E-state index contributed by atoms with van der Waals surface area (Å²) in [5, 5.41) is 9.78. The average molecular weight is 257 g/mol. The van der Waals surface area contributed by atoms with E-state index in [0.29, 0.717) is 5.56 Å². The van der Waals surface area contributed by atoms with Crippen molar-refractivity contribution in [2.75, 3.05) is 6.54 Å². The minimum atomic E-state index is -0.955. The van der Waals surface area contributed by atoms with Gasteiger partial charge in [0.1, 0.15) is 0 Å². The van der Waals surface area contributed by atoms with Gasteiger partial charge in [-0.25, -0.2) is 8.78 Å². The average Bonchev–Trinajstić information content (AvgIpc) is 2.85. The monoisotopic (exact) mass is 257 g/mol. The molecule has 1 aliphatic carbocycles. The number of hydroxylamine groups is 1. The highest BCUT2D eigenvalue weighted by atomic mass is 19.2. The summed E-state index contributed by atoms with van der Waals surface area (Å²) in [5.74, 6) is -1.87. The molecule has 100 valence electrons. The Morgan fingerprint density at radius 3 is 2.67 bits per heavy atom. The van der Waals surface area contributed by atoms with Crippen LogP contribution in [0, 0.1) is 11.6 Å². The molecular formula is C13H17F2NO2. The first-order valence-corrected chi connectivity index (χ1v) is 6.18. The van der Waals surface area contributed by atoms with Crippen LogP contribution in [0.3, 0.4) is 0 Å². The van der Waals surface area contributed by atoms with Crippen molar-refractivity contribution in [1.29, 1.82) is 0 Å². The molecule has 0 heterocycles. The van der Waals surface area contributed by atoms with Crippen LogP contribution in [0.4, 0.5) is 8.78 Å². The quantitative estimate of drug-likeness (QED) is 0.796. The van der Waals surface area contributed by atoms with E-state index in [-0.39, 0.29) is 12.6 Å². The first-order chi connectivity index (χ1) is 8.66. The van der Waals surface area contributed by atoms with Gasteiger partial charge in [-0.15, -0.1) is 0 Å². The van der Waals surface area contributed by atoms with Gasteiger partial charge >= 0.3 is 0 Å². The lowest BCUT2D eigenvalue weighted by Crippen LogP contribution is -2.26. The van der Waals surface area contributed by atoms with E-state index in [4.69, 9.17) is 4.84 Å². The summed E-state index contributed by atoms with van der Waals surface area (Å²) in [5.41, 5.74) is 3.02. The zero-order chi connectivity index (χ0) is 13.0. The van der Waals surface area contributed by atoms with E-state index in [0.717, 1.165) is 37.8 Å². The van der Waals surface area contributed by atoms with Crippen LogP contribution in [0.5, 0.6) is 0 Å². The van der Waals surface area contributed by atoms with Crippen molar-refractivity contribution in [2.24, 2.45) is 0 Å². The number of hydrogen-bond acceptors (Lipinski definition) is 3. The number of halogens is 2. The standard InChI is InChI=1S/C13H17F2NO2/c14-11-6-5-9(7-12(11)15)13(17)8-16-18-10-3-1-2-4-10/h5-7,10,13,16-17H,1-4,8H2. The van der Waals surface area contributed by atoms with E-state index in [1.807, 2.05) is 0 Å². The third kappa shape index (κ3) is 3.48. The number of aliphatic hydroxyl groups excluding tert-OH is 1. The van der Waals surface area contributed by atoms with Crippen LogP contribution in [0.25, 0.3) is 0 Å².